The van der Waals surface area contributed by atoms with Crippen LogP contribution in [0.25, 0.3) is 0 Å². The minimum absolute atomic E-state index is 0.128. The lowest BCUT2D eigenvalue weighted by molar-refractivity contribution is -0.171. The van der Waals surface area contributed by atoms with Crippen molar-refractivity contribution in [1.29, 1.82) is 0 Å². The van der Waals surface area contributed by atoms with Crippen LogP contribution in [0.1, 0.15) is 30.0 Å². The van der Waals surface area contributed by atoms with Gasteiger partial charge in [-0.2, -0.15) is 0 Å². The lowest BCUT2D eigenvalue weighted by Gasteiger charge is -2.27. The highest BCUT2D eigenvalue weighted by Gasteiger charge is 2.55. The van der Waals surface area contributed by atoms with Crippen LogP contribution in [-0.4, -0.2) is 47.2 Å². The van der Waals surface area contributed by atoms with Crippen LogP contribution in [-0.2, 0) is 27.7 Å². The van der Waals surface area contributed by atoms with E-state index in [2.05, 4.69) is 0 Å². The van der Waals surface area contributed by atoms with E-state index < -0.39 is 52.6 Å². The zero-order valence-electron chi connectivity index (χ0n) is 21.5. The van der Waals surface area contributed by atoms with Crippen molar-refractivity contribution in [2.24, 2.45) is 5.41 Å². The van der Waals surface area contributed by atoms with Gasteiger partial charge in [-0.05, 0) is 54.4 Å². The molecule has 0 N–H and O–H groups in total. The Morgan fingerprint density at radius 3 is 1.43 bits per heavy atom. The molecule has 194 valence electrons. The summed E-state index contributed by atoms with van der Waals surface area (Å²) < 4.78 is 16.9. The molecule has 0 aliphatic rings. The zero-order chi connectivity index (χ0) is 27.0. The van der Waals surface area contributed by atoms with Gasteiger partial charge < -0.3 is 13.3 Å². The molecule has 0 heterocycles. The highest BCUT2D eigenvalue weighted by molar-refractivity contribution is 6.53. The van der Waals surface area contributed by atoms with Gasteiger partial charge in [0.15, 0.2) is 0 Å². The van der Waals surface area contributed by atoms with Crippen molar-refractivity contribution in [3.63, 3.8) is 0 Å². The molecule has 0 aromatic heterocycles. The second-order valence-electron chi connectivity index (χ2n) is 9.04. The van der Waals surface area contributed by atoms with Crippen molar-refractivity contribution < 1.29 is 27.7 Å². The van der Waals surface area contributed by atoms with Crippen molar-refractivity contribution in [1.82, 2.24) is 0 Å². The molecular formula is C27H31ClO6Si3. The average Bonchev–Trinajstić information content (AvgIpc) is 2.89. The van der Waals surface area contributed by atoms with Gasteiger partial charge in [-0.25, -0.2) is 0 Å². The molecule has 37 heavy (non-hydrogen) atoms. The summed E-state index contributed by atoms with van der Waals surface area (Å²) in [6.07, 6.45) is -0.128. The summed E-state index contributed by atoms with van der Waals surface area (Å²) in [5.74, 6) is -2.75. The van der Waals surface area contributed by atoms with Crippen molar-refractivity contribution in [2.45, 2.75) is 34.1 Å². The topological polar surface area (TPSA) is 78.9 Å². The van der Waals surface area contributed by atoms with Gasteiger partial charge in [0.25, 0.3) is 34.7 Å². The van der Waals surface area contributed by atoms with E-state index >= 15 is 0 Å². The fraction of sp³-hybridized carbons (Fsp3) is 0.222. The monoisotopic (exact) mass is 570 g/mol. The minimum atomic E-state index is -2.17. The summed E-state index contributed by atoms with van der Waals surface area (Å²) in [6.45, 7) is 7.40. The van der Waals surface area contributed by atoms with Crippen LogP contribution >= 0.6 is 11.6 Å². The lowest BCUT2D eigenvalue weighted by Crippen LogP contribution is -2.51. The fourth-order valence-corrected chi connectivity index (χ4v) is 6.92. The average molecular weight is 571 g/mol. The van der Waals surface area contributed by atoms with Gasteiger partial charge in [0.1, 0.15) is 0 Å². The standard InChI is InChI=1S/C27H31ClO6Si3/c1-5-27(24(29)32-35-20-11-6-17(2)7-12-20,25(30)33-36-21-13-8-18(3)9-14-21)26(31)34-37-22-15-10-19(4)23(28)16-22/h6-16H,5,35-37H2,1-4H3. The van der Waals surface area contributed by atoms with E-state index in [0.29, 0.717) is 5.02 Å². The maximum absolute atomic E-state index is 13.4. The molecule has 3 aromatic rings. The number of hydrogen-bond acceptors (Lipinski definition) is 6. The summed E-state index contributed by atoms with van der Waals surface area (Å²) >= 11 is 6.21. The van der Waals surface area contributed by atoms with Crippen LogP contribution in [0, 0.1) is 26.2 Å². The van der Waals surface area contributed by atoms with E-state index in [-0.39, 0.29) is 6.42 Å². The van der Waals surface area contributed by atoms with Crippen LogP contribution in [0.2, 0.25) is 5.02 Å². The highest BCUT2D eigenvalue weighted by atomic mass is 35.5. The Morgan fingerprint density at radius 1 is 0.676 bits per heavy atom. The Balaban J connectivity index is 1.81. The van der Waals surface area contributed by atoms with Crippen molar-refractivity contribution in [2.75, 3.05) is 0 Å². The third-order valence-electron chi connectivity index (χ3n) is 6.16. The number of aryl methyl sites for hydroxylation is 3. The van der Waals surface area contributed by atoms with E-state index in [1.807, 2.05) is 81.4 Å². The van der Waals surface area contributed by atoms with E-state index in [4.69, 9.17) is 24.9 Å². The first-order chi connectivity index (χ1) is 17.6. The molecular weight excluding hydrogens is 540 g/mol. The number of benzene rings is 3. The maximum Gasteiger partial charge on any atom is 0.321 e. The van der Waals surface area contributed by atoms with Crippen LogP contribution < -0.4 is 15.6 Å². The number of hydrogen-bond donors (Lipinski definition) is 0. The van der Waals surface area contributed by atoms with Gasteiger partial charge in [0.05, 0.1) is 0 Å². The fourth-order valence-electron chi connectivity index (χ4n) is 3.59. The third kappa shape index (κ3) is 7.29. The van der Waals surface area contributed by atoms with Gasteiger partial charge in [-0.3, -0.25) is 14.4 Å². The molecule has 3 aromatic carbocycles. The number of carbonyl (C=O) groups excluding carboxylic acids is 3. The first-order valence-corrected chi connectivity index (χ1v) is 16.3. The van der Waals surface area contributed by atoms with Gasteiger partial charge >= 0.3 is 17.9 Å². The van der Waals surface area contributed by atoms with Gasteiger partial charge in [-0.15, -0.1) is 0 Å². The molecule has 0 unspecified atom stereocenters. The molecule has 0 saturated carbocycles. The molecule has 0 radical (unpaired) electrons. The first-order valence-electron chi connectivity index (χ1n) is 12.0. The van der Waals surface area contributed by atoms with Crippen LogP contribution in [0.5, 0.6) is 0 Å². The minimum Gasteiger partial charge on any atom is -0.519 e. The molecule has 0 aliphatic heterocycles. The number of carbonyl (C=O) groups is 3. The molecule has 0 aliphatic carbocycles. The van der Waals surface area contributed by atoms with Crippen molar-refractivity contribution >= 4 is 74.4 Å². The predicted octanol–water partition coefficient (Wildman–Crippen LogP) is 0.819. The van der Waals surface area contributed by atoms with E-state index in [0.717, 1.165) is 32.3 Å². The predicted molar refractivity (Wildman–Crippen MR) is 154 cm³/mol. The highest BCUT2D eigenvalue weighted by Crippen LogP contribution is 2.28. The molecule has 0 atom stereocenters. The Morgan fingerprint density at radius 2 is 1.05 bits per heavy atom. The quantitative estimate of drug-likeness (QED) is 0.265. The van der Waals surface area contributed by atoms with Gasteiger partial charge in [0, 0.05) is 5.02 Å². The first kappa shape index (κ1) is 28.6. The Kier molecular flexibility index (Phi) is 10.0. The van der Waals surface area contributed by atoms with E-state index in [1.54, 1.807) is 13.0 Å². The van der Waals surface area contributed by atoms with Crippen molar-refractivity contribution in [3.05, 3.63) is 88.4 Å². The largest absolute Gasteiger partial charge is 0.519 e. The van der Waals surface area contributed by atoms with Crippen molar-refractivity contribution in [3.8, 4) is 0 Å². The second-order valence-corrected chi connectivity index (χ2v) is 13.6. The number of rotatable bonds is 10. The Bertz CT molecular complexity index is 1200. The maximum atomic E-state index is 13.4. The molecule has 0 spiro atoms. The summed E-state index contributed by atoms with van der Waals surface area (Å²) in [5.41, 5.74) is 0.905. The second kappa shape index (κ2) is 13.0. The zero-order valence-corrected chi connectivity index (χ0v) is 26.5. The molecule has 0 saturated heterocycles. The van der Waals surface area contributed by atoms with E-state index in [9.17, 15) is 14.4 Å². The van der Waals surface area contributed by atoms with Crippen LogP contribution in [0.4, 0.5) is 0 Å². The molecule has 3 rings (SSSR count). The van der Waals surface area contributed by atoms with Crippen LogP contribution in [0.3, 0.4) is 0 Å². The SMILES string of the molecule is CCC(C(=O)O[SiH2]c1ccc(C)cc1)(C(=O)O[SiH2]c1ccc(C)cc1)C(=O)O[SiH2]c1ccc(C)c(Cl)c1. The van der Waals surface area contributed by atoms with Gasteiger partial charge in [-0.1, -0.05) is 90.3 Å². The van der Waals surface area contributed by atoms with E-state index in [1.165, 1.54) is 0 Å². The summed E-state index contributed by atoms with van der Waals surface area (Å²) in [7, 11) is -4.68. The smallest absolute Gasteiger partial charge is 0.321 e. The molecule has 0 amide bonds. The third-order valence-corrected chi connectivity index (χ3v) is 10.2. The van der Waals surface area contributed by atoms with Crippen LogP contribution in [0.15, 0.2) is 66.7 Å². The summed E-state index contributed by atoms with van der Waals surface area (Å²) in [4.78, 5) is 40.2. The Hall–Kier alpha value is -2.99. The molecule has 6 nitrogen and oxygen atoms in total. The summed E-state index contributed by atoms with van der Waals surface area (Å²) in [5, 5.41) is 3.10. The molecule has 0 bridgehead atoms. The summed E-state index contributed by atoms with van der Waals surface area (Å²) in [6, 6.07) is 20.7. The Labute approximate surface area is 229 Å². The molecule has 0 fully saturated rings. The normalized spacial score (nSPS) is 13.3. The molecule has 10 heteroatoms. The van der Waals surface area contributed by atoms with Gasteiger partial charge in [0.2, 0.25) is 0 Å². The number of halogens is 1. The lowest BCUT2D eigenvalue weighted by atomic mass is 9.85.